The molecule has 0 fully saturated rings. The van der Waals surface area contributed by atoms with Gasteiger partial charge in [-0.25, -0.2) is 4.98 Å². The Labute approximate surface area is 104 Å². The van der Waals surface area contributed by atoms with Crippen LogP contribution in [0.15, 0.2) is 46.9 Å². The van der Waals surface area contributed by atoms with Crippen molar-refractivity contribution in [2.24, 2.45) is 4.99 Å². The number of thiazole rings is 1. The van der Waals surface area contributed by atoms with Gasteiger partial charge in [-0.3, -0.25) is 9.98 Å². The monoisotopic (exact) mass is 241 g/mol. The summed E-state index contributed by atoms with van der Waals surface area (Å²) in [6.45, 7) is 0. The van der Waals surface area contributed by atoms with Crippen LogP contribution in [0.5, 0.6) is 0 Å². The van der Waals surface area contributed by atoms with E-state index in [9.17, 15) is 0 Å². The van der Waals surface area contributed by atoms with Crippen LogP contribution < -0.4 is 0 Å². The molecule has 1 atom stereocenters. The summed E-state index contributed by atoms with van der Waals surface area (Å²) in [7, 11) is 0. The third-order valence-electron chi connectivity index (χ3n) is 2.58. The lowest BCUT2D eigenvalue weighted by atomic mass is 10.2. The van der Waals surface area contributed by atoms with Crippen LogP contribution >= 0.6 is 11.3 Å². The summed E-state index contributed by atoms with van der Waals surface area (Å²) in [5.41, 5.74) is 1.86. The van der Waals surface area contributed by atoms with Crippen LogP contribution in [-0.2, 0) is 0 Å². The minimum Gasteiger partial charge on any atom is -0.282 e. The molecule has 84 valence electrons. The van der Waals surface area contributed by atoms with Crippen molar-refractivity contribution in [3.05, 3.63) is 46.9 Å². The number of aromatic nitrogens is 2. The average molecular weight is 241 g/mol. The van der Waals surface area contributed by atoms with Crippen LogP contribution in [0, 0.1) is 0 Å². The van der Waals surface area contributed by atoms with E-state index < -0.39 is 0 Å². The van der Waals surface area contributed by atoms with Gasteiger partial charge in [-0.1, -0.05) is 12.1 Å². The fourth-order valence-corrected chi connectivity index (χ4v) is 2.59. The molecule has 2 aromatic rings. The van der Waals surface area contributed by atoms with Gasteiger partial charge in [0.2, 0.25) is 0 Å². The van der Waals surface area contributed by atoms with Crippen molar-refractivity contribution < 1.29 is 0 Å². The Morgan fingerprint density at radius 2 is 2.24 bits per heavy atom. The third-order valence-corrected chi connectivity index (χ3v) is 3.53. The summed E-state index contributed by atoms with van der Waals surface area (Å²) >= 11 is 1.65. The molecule has 0 aromatic carbocycles. The second kappa shape index (κ2) is 4.59. The normalized spacial score (nSPS) is 18.5. The lowest BCUT2D eigenvalue weighted by molar-refractivity contribution is 0.734. The van der Waals surface area contributed by atoms with Crippen molar-refractivity contribution in [2.75, 3.05) is 0 Å². The minimum absolute atomic E-state index is 0.183. The van der Waals surface area contributed by atoms with Crippen molar-refractivity contribution in [3.63, 3.8) is 0 Å². The number of dihydropyridines is 1. The summed E-state index contributed by atoms with van der Waals surface area (Å²) in [5.74, 6) is 0. The zero-order valence-electron chi connectivity index (χ0n) is 9.15. The molecule has 0 saturated heterocycles. The highest BCUT2D eigenvalue weighted by molar-refractivity contribution is 7.10. The Morgan fingerprint density at radius 3 is 3.00 bits per heavy atom. The zero-order chi connectivity index (χ0) is 11.5. The molecule has 0 saturated carbocycles. The molecule has 0 N–H and O–H groups in total. The molecule has 2 aromatic heterocycles. The van der Waals surface area contributed by atoms with E-state index in [4.69, 9.17) is 0 Å². The maximum atomic E-state index is 4.61. The van der Waals surface area contributed by atoms with E-state index in [1.807, 2.05) is 35.9 Å². The summed E-state index contributed by atoms with van der Waals surface area (Å²) in [6, 6.07) is 6.04. The van der Waals surface area contributed by atoms with Crippen molar-refractivity contribution >= 4 is 17.6 Å². The summed E-state index contributed by atoms with van der Waals surface area (Å²) in [6.07, 6.45) is 8.67. The quantitative estimate of drug-likeness (QED) is 0.809. The van der Waals surface area contributed by atoms with Gasteiger partial charge < -0.3 is 0 Å². The molecule has 0 bridgehead atoms. The SMILES string of the molecule is C1=CCC(c2nc(-c3ccccn3)cs2)N=C1. The minimum atomic E-state index is 0.183. The smallest absolute Gasteiger partial charge is 0.118 e. The Hall–Kier alpha value is -1.81. The average Bonchev–Trinajstić information content (AvgIpc) is 2.90. The summed E-state index contributed by atoms with van der Waals surface area (Å²) < 4.78 is 0. The predicted molar refractivity (Wildman–Crippen MR) is 70.3 cm³/mol. The highest BCUT2D eigenvalue weighted by atomic mass is 32.1. The molecule has 0 spiro atoms. The summed E-state index contributed by atoms with van der Waals surface area (Å²) in [5, 5.41) is 3.11. The van der Waals surface area contributed by atoms with Crippen LogP contribution in [0.25, 0.3) is 11.4 Å². The van der Waals surface area contributed by atoms with Crippen molar-refractivity contribution in [3.8, 4) is 11.4 Å². The second-order valence-corrected chi connectivity index (χ2v) is 4.65. The number of nitrogens with zero attached hydrogens (tertiary/aromatic N) is 3. The van der Waals surface area contributed by atoms with Crippen LogP contribution in [0.3, 0.4) is 0 Å². The van der Waals surface area contributed by atoms with E-state index in [0.29, 0.717) is 0 Å². The van der Waals surface area contributed by atoms with E-state index in [1.165, 1.54) is 0 Å². The molecule has 1 aliphatic rings. The summed E-state index contributed by atoms with van der Waals surface area (Å²) in [4.78, 5) is 13.3. The molecule has 1 unspecified atom stereocenters. The zero-order valence-corrected chi connectivity index (χ0v) is 9.97. The first-order valence-electron chi connectivity index (χ1n) is 5.48. The van der Waals surface area contributed by atoms with E-state index in [-0.39, 0.29) is 6.04 Å². The van der Waals surface area contributed by atoms with Crippen molar-refractivity contribution in [1.82, 2.24) is 9.97 Å². The number of pyridine rings is 1. The molecular formula is C13H11N3S. The highest BCUT2D eigenvalue weighted by Crippen LogP contribution is 2.29. The largest absolute Gasteiger partial charge is 0.282 e. The van der Waals surface area contributed by atoms with Crippen LogP contribution in [0.4, 0.5) is 0 Å². The van der Waals surface area contributed by atoms with Crippen LogP contribution in [-0.4, -0.2) is 16.2 Å². The highest BCUT2D eigenvalue weighted by Gasteiger charge is 2.14. The molecule has 1 aliphatic heterocycles. The molecule has 0 aliphatic carbocycles. The maximum absolute atomic E-state index is 4.61. The fourth-order valence-electron chi connectivity index (χ4n) is 1.72. The van der Waals surface area contributed by atoms with E-state index in [2.05, 4.69) is 21.0 Å². The standard InChI is InChI=1S/C13H11N3S/c1-3-7-14-10(5-1)12-9-17-13(16-12)11-6-2-4-8-15-11/h1-5,7-9,11H,6H2. The number of allylic oxidation sites excluding steroid dienone is 1. The topological polar surface area (TPSA) is 38.1 Å². The Bertz CT molecular complexity index is 557. The molecule has 0 radical (unpaired) electrons. The van der Waals surface area contributed by atoms with E-state index >= 15 is 0 Å². The van der Waals surface area contributed by atoms with Gasteiger partial charge in [0.05, 0.1) is 11.4 Å². The van der Waals surface area contributed by atoms with Gasteiger partial charge in [-0.15, -0.1) is 11.3 Å². The lowest BCUT2D eigenvalue weighted by Gasteiger charge is -2.08. The first kappa shape index (κ1) is 10.4. The molecule has 0 amide bonds. The first-order chi connectivity index (χ1) is 8.43. The molecule has 3 nitrogen and oxygen atoms in total. The van der Waals surface area contributed by atoms with Gasteiger partial charge in [-0.05, 0) is 24.6 Å². The fraction of sp³-hybridized carbons (Fsp3) is 0.154. The Balaban J connectivity index is 1.88. The van der Waals surface area contributed by atoms with E-state index in [0.717, 1.165) is 22.8 Å². The number of rotatable bonds is 2. The predicted octanol–water partition coefficient (Wildman–Crippen LogP) is 3.28. The van der Waals surface area contributed by atoms with Crippen LogP contribution in [0.1, 0.15) is 17.5 Å². The van der Waals surface area contributed by atoms with Gasteiger partial charge in [-0.2, -0.15) is 0 Å². The van der Waals surface area contributed by atoms with Gasteiger partial charge in [0.25, 0.3) is 0 Å². The van der Waals surface area contributed by atoms with Gasteiger partial charge in [0.1, 0.15) is 11.0 Å². The Kier molecular flexibility index (Phi) is 2.80. The van der Waals surface area contributed by atoms with Gasteiger partial charge >= 0.3 is 0 Å². The second-order valence-electron chi connectivity index (χ2n) is 3.76. The lowest BCUT2D eigenvalue weighted by Crippen LogP contribution is -1.97. The molecule has 17 heavy (non-hydrogen) atoms. The molecule has 3 heterocycles. The number of hydrogen-bond acceptors (Lipinski definition) is 4. The maximum Gasteiger partial charge on any atom is 0.118 e. The van der Waals surface area contributed by atoms with Crippen molar-refractivity contribution in [1.29, 1.82) is 0 Å². The van der Waals surface area contributed by atoms with Crippen molar-refractivity contribution in [2.45, 2.75) is 12.5 Å². The number of aliphatic imine (C=N–C) groups is 1. The molecule has 4 heteroatoms. The van der Waals surface area contributed by atoms with Gasteiger partial charge in [0.15, 0.2) is 0 Å². The van der Waals surface area contributed by atoms with E-state index in [1.54, 1.807) is 17.5 Å². The number of hydrogen-bond donors (Lipinski definition) is 0. The first-order valence-corrected chi connectivity index (χ1v) is 6.36. The Morgan fingerprint density at radius 1 is 1.24 bits per heavy atom. The molecular weight excluding hydrogens is 230 g/mol. The van der Waals surface area contributed by atoms with Crippen LogP contribution in [0.2, 0.25) is 0 Å². The van der Waals surface area contributed by atoms with Gasteiger partial charge in [0, 0.05) is 17.8 Å². The third kappa shape index (κ3) is 2.17. The molecule has 3 rings (SSSR count).